The summed E-state index contributed by atoms with van der Waals surface area (Å²) in [5, 5.41) is 3.63. The van der Waals surface area contributed by atoms with Gasteiger partial charge in [0.15, 0.2) is 0 Å². The Kier molecular flexibility index (Phi) is 8.67. The van der Waals surface area contributed by atoms with Crippen molar-refractivity contribution in [3.05, 3.63) is 69.2 Å². The molecular weight excluding hydrogens is 415 g/mol. The van der Waals surface area contributed by atoms with Crippen molar-refractivity contribution in [3.63, 3.8) is 0 Å². The van der Waals surface area contributed by atoms with E-state index >= 15 is 0 Å². The Morgan fingerprint density at radius 3 is 2.50 bits per heavy atom. The predicted molar refractivity (Wildman–Crippen MR) is 118 cm³/mol. The number of benzene rings is 2. The number of aryl methyl sites for hydroxylation is 1. The summed E-state index contributed by atoms with van der Waals surface area (Å²) in [6.45, 7) is 4.14. The van der Waals surface area contributed by atoms with Gasteiger partial charge in [-0.05, 0) is 37.1 Å². The molecule has 4 nitrogen and oxygen atoms in total. The number of hydrogen-bond acceptors (Lipinski definition) is 3. The van der Waals surface area contributed by atoms with Crippen LogP contribution in [0.4, 0.5) is 0 Å². The zero-order valence-corrected chi connectivity index (χ0v) is 18.5. The van der Waals surface area contributed by atoms with Crippen LogP contribution in [0.1, 0.15) is 23.6 Å². The van der Waals surface area contributed by atoms with Gasteiger partial charge in [-0.15, -0.1) is 11.8 Å². The van der Waals surface area contributed by atoms with E-state index in [1.165, 1.54) is 11.8 Å². The molecule has 0 aliphatic carbocycles. The maximum absolute atomic E-state index is 12.9. The molecule has 0 radical (unpaired) electrons. The van der Waals surface area contributed by atoms with Gasteiger partial charge in [0, 0.05) is 19.3 Å². The first-order valence-corrected chi connectivity index (χ1v) is 10.8. The van der Waals surface area contributed by atoms with Crippen molar-refractivity contribution in [3.8, 4) is 0 Å². The number of likely N-dealkylation sites (N-methyl/N-ethyl adjacent to an activating group) is 1. The van der Waals surface area contributed by atoms with E-state index in [1.54, 1.807) is 31.0 Å². The first-order valence-electron chi connectivity index (χ1n) is 8.90. The van der Waals surface area contributed by atoms with Crippen LogP contribution in [0.2, 0.25) is 10.0 Å². The summed E-state index contributed by atoms with van der Waals surface area (Å²) in [5.74, 6) is 0.640. The Labute approximate surface area is 180 Å². The highest BCUT2D eigenvalue weighted by atomic mass is 35.5. The van der Waals surface area contributed by atoms with Gasteiger partial charge in [0.05, 0.1) is 15.8 Å². The Balaban J connectivity index is 2.05. The highest BCUT2D eigenvalue weighted by Crippen LogP contribution is 2.25. The second kappa shape index (κ2) is 10.7. The number of rotatable bonds is 8. The van der Waals surface area contributed by atoms with Gasteiger partial charge in [0.25, 0.3) is 0 Å². The molecule has 150 valence electrons. The van der Waals surface area contributed by atoms with Crippen LogP contribution >= 0.6 is 35.0 Å². The fourth-order valence-electron chi connectivity index (χ4n) is 2.77. The Morgan fingerprint density at radius 2 is 1.86 bits per heavy atom. The van der Waals surface area contributed by atoms with E-state index in [0.29, 0.717) is 22.3 Å². The van der Waals surface area contributed by atoms with E-state index in [0.717, 1.165) is 16.7 Å². The summed E-state index contributed by atoms with van der Waals surface area (Å²) in [7, 11) is 1.58. The standard InChI is InChI=1S/C21H24Cl2N2O2S/c1-14-5-4-6-16(9-14)11-25(15(2)21(27)24-3)20(26)13-28-12-17-7-8-18(22)19(23)10-17/h4-10,15H,11-13H2,1-3H3,(H,24,27). The SMILES string of the molecule is CNC(=O)C(C)N(Cc1cccc(C)c1)C(=O)CSCc1ccc(Cl)c(Cl)c1. The number of hydrogen-bond donors (Lipinski definition) is 1. The average Bonchev–Trinajstić information content (AvgIpc) is 2.67. The average molecular weight is 439 g/mol. The van der Waals surface area contributed by atoms with Crippen molar-refractivity contribution in [2.45, 2.75) is 32.2 Å². The smallest absolute Gasteiger partial charge is 0.242 e. The van der Waals surface area contributed by atoms with Crippen LogP contribution in [0.25, 0.3) is 0 Å². The molecule has 2 amide bonds. The van der Waals surface area contributed by atoms with Crippen LogP contribution in [0, 0.1) is 6.92 Å². The molecule has 0 heterocycles. The van der Waals surface area contributed by atoms with E-state index < -0.39 is 6.04 Å². The lowest BCUT2D eigenvalue weighted by Crippen LogP contribution is -2.47. The number of carbonyl (C=O) groups is 2. The van der Waals surface area contributed by atoms with E-state index in [-0.39, 0.29) is 17.6 Å². The largest absolute Gasteiger partial charge is 0.357 e. The van der Waals surface area contributed by atoms with Crippen LogP contribution in [0.3, 0.4) is 0 Å². The van der Waals surface area contributed by atoms with Crippen LogP contribution < -0.4 is 5.32 Å². The number of nitrogens with zero attached hydrogens (tertiary/aromatic N) is 1. The van der Waals surface area contributed by atoms with Crippen molar-refractivity contribution in [1.82, 2.24) is 10.2 Å². The maximum atomic E-state index is 12.9. The first kappa shape index (κ1) is 22.6. The molecule has 0 spiro atoms. The minimum atomic E-state index is -0.552. The molecule has 1 N–H and O–H groups in total. The van der Waals surface area contributed by atoms with Crippen LogP contribution in [-0.4, -0.2) is 35.6 Å². The molecule has 0 saturated carbocycles. The maximum Gasteiger partial charge on any atom is 0.242 e. The molecule has 2 rings (SSSR count). The normalized spacial score (nSPS) is 11.8. The predicted octanol–water partition coefficient (Wildman–Crippen LogP) is 4.70. The molecular formula is C21H24Cl2N2O2S. The third-order valence-electron chi connectivity index (χ3n) is 4.33. The highest BCUT2D eigenvalue weighted by molar-refractivity contribution is 7.99. The second-order valence-corrected chi connectivity index (χ2v) is 8.34. The Bertz CT molecular complexity index is 845. The molecule has 1 unspecified atom stereocenters. The van der Waals surface area contributed by atoms with E-state index in [9.17, 15) is 9.59 Å². The van der Waals surface area contributed by atoms with Gasteiger partial charge in [-0.3, -0.25) is 9.59 Å². The lowest BCUT2D eigenvalue weighted by atomic mass is 10.1. The Hall–Kier alpha value is -1.69. The molecule has 2 aromatic carbocycles. The van der Waals surface area contributed by atoms with Gasteiger partial charge in [0.1, 0.15) is 6.04 Å². The monoisotopic (exact) mass is 438 g/mol. The number of amides is 2. The lowest BCUT2D eigenvalue weighted by molar-refractivity contribution is -0.138. The minimum absolute atomic E-state index is 0.0809. The topological polar surface area (TPSA) is 49.4 Å². The zero-order chi connectivity index (χ0) is 20.7. The van der Waals surface area contributed by atoms with Gasteiger partial charge >= 0.3 is 0 Å². The van der Waals surface area contributed by atoms with E-state index in [1.807, 2.05) is 37.3 Å². The first-order chi connectivity index (χ1) is 13.3. The summed E-state index contributed by atoms with van der Waals surface area (Å²) in [4.78, 5) is 26.6. The molecule has 2 aromatic rings. The van der Waals surface area contributed by atoms with Crippen LogP contribution in [0.5, 0.6) is 0 Å². The number of carbonyl (C=O) groups excluding carboxylic acids is 2. The molecule has 0 aliphatic rings. The van der Waals surface area contributed by atoms with Crippen molar-refractivity contribution in [2.24, 2.45) is 0 Å². The van der Waals surface area contributed by atoms with E-state index in [4.69, 9.17) is 23.2 Å². The third kappa shape index (κ3) is 6.43. The molecule has 0 aliphatic heterocycles. The van der Waals surface area contributed by atoms with Crippen LogP contribution in [0.15, 0.2) is 42.5 Å². The zero-order valence-electron chi connectivity index (χ0n) is 16.2. The highest BCUT2D eigenvalue weighted by Gasteiger charge is 2.25. The Morgan fingerprint density at radius 1 is 1.11 bits per heavy atom. The summed E-state index contributed by atoms with van der Waals surface area (Å²) < 4.78 is 0. The van der Waals surface area contributed by atoms with Gasteiger partial charge in [0.2, 0.25) is 11.8 Å². The fraction of sp³-hybridized carbons (Fsp3) is 0.333. The lowest BCUT2D eigenvalue weighted by Gasteiger charge is -2.28. The second-order valence-electron chi connectivity index (χ2n) is 6.54. The van der Waals surface area contributed by atoms with Crippen molar-refractivity contribution in [1.29, 1.82) is 0 Å². The fourth-order valence-corrected chi connectivity index (χ4v) is 3.95. The quantitative estimate of drug-likeness (QED) is 0.649. The molecule has 28 heavy (non-hydrogen) atoms. The number of nitrogens with one attached hydrogen (secondary N) is 1. The summed E-state index contributed by atoms with van der Waals surface area (Å²) >= 11 is 13.5. The summed E-state index contributed by atoms with van der Waals surface area (Å²) in [6, 6.07) is 12.8. The molecule has 0 aromatic heterocycles. The van der Waals surface area contributed by atoms with Gasteiger partial charge in [-0.25, -0.2) is 0 Å². The number of thioether (sulfide) groups is 1. The van der Waals surface area contributed by atoms with Crippen LogP contribution in [-0.2, 0) is 21.9 Å². The molecule has 7 heteroatoms. The minimum Gasteiger partial charge on any atom is -0.357 e. The van der Waals surface area contributed by atoms with Gasteiger partial charge in [-0.1, -0.05) is 59.1 Å². The molecule has 0 saturated heterocycles. The van der Waals surface area contributed by atoms with E-state index in [2.05, 4.69) is 5.32 Å². The molecule has 0 bridgehead atoms. The number of halogens is 2. The molecule has 0 fully saturated rings. The van der Waals surface area contributed by atoms with Crippen molar-refractivity contribution in [2.75, 3.05) is 12.8 Å². The summed E-state index contributed by atoms with van der Waals surface area (Å²) in [5.41, 5.74) is 3.11. The van der Waals surface area contributed by atoms with Crippen molar-refractivity contribution < 1.29 is 9.59 Å². The third-order valence-corrected chi connectivity index (χ3v) is 6.05. The molecule has 1 atom stereocenters. The van der Waals surface area contributed by atoms with Gasteiger partial charge < -0.3 is 10.2 Å². The van der Waals surface area contributed by atoms with Crippen molar-refractivity contribution >= 4 is 46.8 Å². The summed E-state index contributed by atoms with van der Waals surface area (Å²) in [6.07, 6.45) is 0. The van der Waals surface area contributed by atoms with Gasteiger partial charge in [-0.2, -0.15) is 0 Å².